The molecule has 1 N–H and O–H groups in total. The van der Waals surface area contributed by atoms with Crippen LogP contribution in [0.4, 0.5) is 0 Å². The first kappa shape index (κ1) is 20.1. The van der Waals surface area contributed by atoms with Crippen LogP contribution in [0.3, 0.4) is 0 Å². The third-order valence-electron chi connectivity index (χ3n) is 5.65. The maximum Gasteiger partial charge on any atom is 0.164 e. The predicted octanol–water partition coefficient (Wildman–Crippen LogP) is 4.51. The van der Waals surface area contributed by atoms with E-state index in [4.69, 9.17) is 23.7 Å². The van der Waals surface area contributed by atoms with Gasteiger partial charge in [0.05, 0.1) is 40.6 Å². The van der Waals surface area contributed by atoms with Gasteiger partial charge in [-0.05, 0) is 35.6 Å². The number of aromatic hydroxyl groups is 1. The molecule has 0 radical (unpaired) electrons. The van der Waals surface area contributed by atoms with Gasteiger partial charge < -0.3 is 28.8 Å². The van der Waals surface area contributed by atoms with Crippen LogP contribution in [0.1, 0.15) is 37.2 Å². The van der Waals surface area contributed by atoms with Crippen LogP contribution in [0.5, 0.6) is 28.7 Å². The smallest absolute Gasteiger partial charge is 0.164 e. The van der Waals surface area contributed by atoms with Gasteiger partial charge in [-0.25, -0.2) is 0 Å². The molecule has 2 aromatic carbocycles. The highest BCUT2D eigenvalue weighted by atomic mass is 16.5. The Bertz CT molecular complexity index is 834. The molecular weight excluding hydrogens is 360 g/mol. The number of phenols is 1. The Morgan fingerprint density at radius 3 is 1.86 bits per heavy atom. The van der Waals surface area contributed by atoms with Crippen molar-refractivity contribution in [3.63, 3.8) is 0 Å². The van der Waals surface area contributed by atoms with Crippen molar-refractivity contribution in [3.8, 4) is 28.7 Å². The van der Waals surface area contributed by atoms with Gasteiger partial charge in [-0.15, -0.1) is 0 Å². The van der Waals surface area contributed by atoms with Gasteiger partial charge in [0.15, 0.2) is 23.0 Å². The maximum atomic E-state index is 10.6. The molecule has 0 spiro atoms. The standard InChI is InChI=1S/C22H28O6/c1-12-13(2)22(15-10-19(26-5)20(27-6)11-16(15)23)28-21(12)14-7-8-17(24-3)18(9-14)25-4/h7-13,21-23H,1-6H3/t12-,13+,21+,22-/m0/s1. The molecule has 3 rings (SSSR count). The van der Waals surface area contributed by atoms with Gasteiger partial charge in [-0.2, -0.15) is 0 Å². The molecule has 28 heavy (non-hydrogen) atoms. The Balaban J connectivity index is 1.95. The third kappa shape index (κ3) is 3.44. The first-order valence-corrected chi connectivity index (χ1v) is 9.27. The Labute approximate surface area is 165 Å². The monoisotopic (exact) mass is 388 g/mol. The van der Waals surface area contributed by atoms with Crippen LogP contribution >= 0.6 is 0 Å². The highest BCUT2D eigenvalue weighted by molar-refractivity contribution is 5.51. The zero-order chi connectivity index (χ0) is 20.4. The molecule has 0 unspecified atom stereocenters. The lowest BCUT2D eigenvalue weighted by Crippen LogP contribution is -2.10. The van der Waals surface area contributed by atoms with Gasteiger partial charge in [0, 0.05) is 11.6 Å². The summed E-state index contributed by atoms with van der Waals surface area (Å²) in [5, 5.41) is 10.6. The van der Waals surface area contributed by atoms with Gasteiger partial charge in [-0.1, -0.05) is 19.9 Å². The summed E-state index contributed by atoms with van der Waals surface area (Å²) in [5.41, 5.74) is 1.71. The number of phenolic OH excluding ortho intramolecular Hbond substituents is 1. The van der Waals surface area contributed by atoms with E-state index >= 15 is 0 Å². The second-order valence-electron chi connectivity index (χ2n) is 7.08. The minimum Gasteiger partial charge on any atom is -0.507 e. The molecule has 2 aromatic rings. The molecule has 0 aliphatic carbocycles. The Kier molecular flexibility index (Phi) is 5.89. The average Bonchev–Trinajstić information content (AvgIpc) is 3.01. The van der Waals surface area contributed by atoms with Crippen LogP contribution in [0, 0.1) is 11.8 Å². The fraction of sp³-hybridized carbons (Fsp3) is 0.455. The van der Waals surface area contributed by atoms with Crippen molar-refractivity contribution in [2.75, 3.05) is 28.4 Å². The number of hydrogen-bond acceptors (Lipinski definition) is 6. The third-order valence-corrected chi connectivity index (χ3v) is 5.65. The second kappa shape index (κ2) is 8.19. The average molecular weight is 388 g/mol. The van der Waals surface area contributed by atoms with Crippen LogP contribution in [-0.4, -0.2) is 33.5 Å². The van der Waals surface area contributed by atoms with Gasteiger partial charge in [0.1, 0.15) is 5.75 Å². The summed E-state index contributed by atoms with van der Waals surface area (Å²) in [5.74, 6) is 2.94. The van der Waals surface area contributed by atoms with Crippen molar-refractivity contribution >= 4 is 0 Å². The van der Waals surface area contributed by atoms with Crippen LogP contribution in [-0.2, 0) is 4.74 Å². The van der Waals surface area contributed by atoms with Crippen LogP contribution in [0.2, 0.25) is 0 Å². The van der Waals surface area contributed by atoms with Gasteiger partial charge >= 0.3 is 0 Å². The summed E-state index contributed by atoms with van der Waals surface area (Å²) in [6, 6.07) is 9.18. The summed E-state index contributed by atoms with van der Waals surface area (Å²) in [7, 11) is 6.35. The van der Waals surface area contributed by atoms with Gasteiger partial charge in [0.25, 0.3) is 0 Å². The van der Waals surface area contributed by atoms with E-state index < -0.39 is 0 Å². The van der Waals surface area contributed by atoms with E-state index in [0.29, 0.717) is 28.6 Å². The van der Waals surface area contributed by atoms with E-state index in [0.717, 1.165) is 5.56 Å². The first-order valence-electron chi connectivity index (χ1n) is 9.27. The van der Waals surface area contributed by atoms with Crippen molar-refractivity contribution in [2.24, 2.45) is 11.8 Å². The molecule has 1 aliphatic heterocycles. The van der Waals surface area contributed by atoms with Crippen molar-refractivity contribution in [1.29, 1.82) is 0 Å². The number of benzene rings is 2. The fourth-order valence-corrected chi connectivity index (χ4v) is 3.84. The van der Waals surface area contributed by atoms with Crippen molar-refractivity contribution in [1.82, 2.24) is 0 Å². The quantitative estimate of drug-likeness (QED) is 0.785. The maximum absolute atomic E-state index is 10.6. The van der Waals surface area contributed by atoms with E-state index in [1.165, 1.54) is 0 Å². The highest BCUT2D eigenvalue weighted by Gasteiger charge is 2.42. The van der Waals surface area contributed by atoms with E-state index in [1.54, 1.807) is 40.6 Å². The summed E-state index contributed by atoms with van der Waals surface area (Å²) in [6.07, 6.45) is -0.403. The molecule has 0 saturated carbocycles. The Morgan fingerprint density at radius 1 is 0.714 bits per heavy atom. The van der Waals surface area contributed by atoms with Crippen LogP contribution in [0.15, 0.2) is 30.3 Å². The lowest BCUT2D eigenvalue weighted by atomic mass is 9.85. The largest absolute Gasteiger partial charge is 0.507 e. The van der Waals surface area contributed by atoms with E-state index in [2.05, 4.69) is 13.8 Å². The lowest BCUT2D eigenvalue weighted by Gasteiger charge is -2.20. The molecule has 0 amide bonds. The molecular formula is C22H28O6. The molecule has 0 bridgehead atoms. The van der Waals surface area contributed by atoms with Gasteiger partial charge in [0.2, 0.25) is 0 Å². The molecule has 0 aromatic heterocycles. The minimum absolute atomic E-state index is 0.132. The van der Waals surface area contributed by atoms with Crippen molar-refractivity contribution in [3.05, 3.63) is 41.5 Å². The van der Waals surface area contributed by atoms with Crippen LogP contribution < -0.4 is 18.9 Å². The zero-order valence-electron chi connectivity index (χ0n) is 17.2. The van der Waals surface area contributed by atoms with E-state index in [-0.39, 0.29) is 29.8 Å². The summed E-state index contributed by atoms with van der Waals surface area (Å²) >= 11 is 0. The molecule has 1 aliphatic rings. The second-order valence-corrected chi connectivity index (χ2v) is 7.08. The normalized spacial score (nSPS) is 24.1. The summed E-state index contributed by atoms with van der Waals surface area (Å²) < 4.78 is 27.9. The summed E-state index contributed by atoms with van der Waals surface area (Å²) in [4.78, 5) is 0. The molecule has 1 fully saturated rings. The Hall–Kier alpha value is -2.60. The molecule has 4 atom stereocenters. The number of methoxy groups -OCH3 is 4. The van der Waals surface area contributed by atoms with Crippen molar-refractivity contribution in [2.45, 2.75) is 26.1 Å². The van der Waals surface area contributed by atoms with E-state index in [9.17, 15) is 5.11 Å². The van der Waals surface area contributed by atoms with Gasteiger partial charge in [-0.3, -0.25) is 0 Å². The van der Waals surface area contributed by atoms with E-state index in [1.807, 2.05) is 18.2 Å². The molecule has 1 saturated heterocycles. The zero-order valence-corrected chi connectivity index (χ0v) is 17.2. The molecule has 6 nitrogen and oxygen atoms in total. The summed E-state index contributed by atoms with van der Waals surface area (Å²) in [6.45, 7) is 4.29. The minimum atomic E-state index is -0.270. The van der Waals surface area contributed by atoms with Crippen LogP contribution in [0.25, 0.3) is 0 Å². The molecule has 1 heterocycles. The SMILES string of the molecule is COc1ccc([C@@H]2O[C@H](c3cc(OC)c(OC)cc3O)[C@H](C)[C@@H]2C)cc1OC. The predicted molar refractivity (Wildman–Crippen MR) is 106 cm³/mol. The fourth-order valence-electron chi connectivity index (χ4n) is 3.84. The van der Waals surface area contributed by atoms with Crippen molar-refractivity contribution < 1.29 is 28.8 Å². The number of ether oxygens (including phenoxy) is 5. The highest BCUT2D eigenvalue weighted by Crippen LogP contribution is 2.52. The number of hydrogen-bond donors (Lipinski definition) is 1. The first-order chi connectivity index (χ1) is 13.4. The topological polar surface area (TPSA) is 66.4 Å². The molecule has 6 heteroatoms. The Morgan fingerprint density at radius 2 is 1.25 bits per heavy atom. The number of rotatable bonds is 6. The lowest BCUT2D eigenvalue weighted by molar-refractivity contribution is 0.0275. The molecule has 152 valence electrons.